The predicted molar refractivity (Wildman–Crippen MR) is 98.3 cm³/mol. The summed E-state index contributed by atoms with van der Waals surface area (Å²) >= 11 is 0. The molecule has 2 rings (SSSR count). The van der Waals surface area contributed by atoms with Crippen LogP contribution in [0.5, 0.6) is 11.5 Å². The van der Waals surface area contributed by atoms with Gasteiger partial charge in [-0.1, -0.05) is 25.1 Å². The Hall–Kier alpha value is -2.38. The number of anilines is 1. The van der Waals surface area contributed by atoms with Crippen LogP contribution in [0.1, 0.15) is 13.3 Å². The maximum Gasteiger partial charge on any atom is 0.239 e. The summed E-state index contributed by atoms with van der Waals surface area (Å²) in [5.41, 5.74) is 0.579. The Kier molecular flexibility index (Phi) is 6.55. The Bertz CT molecular complexity index is 790. The largest absolute Gasteiger partial charge is 0.457 e. The molecule has 6 nitrogen and oxygen atoms in total. The number of hydrogen-bond donors (Lipinski definition) is 1. The number of benzene rings is 2. The molecule has 7 heteroatoms. The van der Waals surface area contributed by atoms with E-state index in [0.29, 0.717) is 24.4 Å². The number of nitrogens with one attached hydrogen (secondary N) is 1. The van der Waals surface area contributed by atoms with Crippen molar-refractivity contribution in [3.8, 4) is 11.5 Å². The van der Waals surface area contributed by atoms with Crippen molar-refractivity contribution in [1.29, 1.82) is 0 Å². The van der Waals surface area contributed by atoms with E-state index >= 15 is 0 Å². The number of carbonyl (C=O) groups excluding carboxylic acids is 1. The minimum atomic E-state index is -3.40. The summed E-state index contributed by atoms with van der Waals surface area (Å²) in [6.45, 7) is 1.98. The molecule has 0 saturated carbocycles. The zero-order valence-electron chi connectivity index (χ0n) is 14.3. The fourth-order valence-electron chi connectivity index (χ4n) is 2.20. The number of sulfonamides is 1. The molecule has 0 atom stereocenters. The van der Waals surface area contributed by atoms with Crippen LogP contribution in [0.15, 0.2) is 54.6 Å². The molecule has 1 N–H and O–H groups in total. The van der Waals surface area contributed by atoms with Crippen molar-refractivity contribution in [2.75, 3.05) is 24.7 Å². The summed E-state index contributed by atoms with van der Waals surface area (Å²) in [6.07, 6.45) is 1.75. The van der Waals surface area contributed by atoms with Crippen LogP contribution < -0.4 is 10.1 Å². The summed E-state index contributed by atoms with van der Waals surface area (Å²) in [7, 11) is -3.40. The summed E-state index contributed by atoms with van der Waals surface area (Å²) < 4.78 is 30.2. The van der Waals surface area contributed by atoms with E-state index < -0.39 is 10.0 Å². The molecule has 0 aliphatic heterocycles. The van der Waals surface area contributed by atoms with Gasteiger partial charge in [-0.3, -0.25) is 4.79 Å². The summed E-state index contributed by atoms with van der Waals surface area (Å²) in [6, 6.07) is 16.3. The van der Waals surface area contributed by atoms with E-state index in [0.717, 1.165) is 16.3 Å². The highest BCUT2D eigenvalue weighted by Crippen LogP contribution is 2.22. The lowest BCUT2D eigenvalue weighted by molar-refractivity contribution is -0.116. The third-order valence-corrected chi connectivity index (χ3v) is 4.63. The second kappa shape index (κ2) is 8.64. The highest BCUT2D eigenvalue weighted by molar-refractivity contribution is 7.88. The van der Waals surface area contributed by atoms with Gasteiger partial charge in [0.05, 0.1) is 12.8 Å². The Labute approximate surface area is 148 Å². The Morgan fingerprint density at radius 3 is 2.20 bits per heavy atom. The third-order valence-electron chi connectivity index (χ3n) is 3.38. The van der Waals surface area contributed by atoms with Crippen molar-refractivity contribution in [2.45, 2.75) is 13.3 Å². The highest BCUT2D eigenvalue weighted by atomic mass is 32.2. The van der Waals surface area contributed by atoms with Gasteiger partial charge in [0.15, 0.2) is 0 Å². The molecule has 0 unspecified atom stereocenters. The van der Waals surface area contributed by atoms with E-state index in [1.54, 1.807) is 24.3 Å². The van der Waals surface area contributed by atoms with Gasteiger partial charge in [0.1, 0.15) is 11.5 Å². The highest BCUT2D eigenvalue weighted by Gasteiger charge is 2.19. The molecule has 1 amide bonds. The lowest BCUT2D eigenvalue weighted by Crippen LogP contribution is -2.37. The van der Waals surface area contributed by atoms with Gasteiger partial charge in [-0.15, -0.1) is 0 Å². The SMILES string of the molecule is CCCN(CC(=O)Nc1ccc(Oc2ccccc2)cc1)S(C)(=O)=O. The molecule has 0 spiro atoms. The van der Waals surface area contributed by atoms with Gasteiger partial charge in [-0.25, -0.2) is 8.42 Å². The average Bonchev–Trinajstić information content (AvgIpc) is 2.56. The van der Waals surface area contributed by atoms with Crippen LogP contribution in [-0.2, 0) is 14.8 Å². The molecule has 0 saturated heterocycles. The molecule has 0 fully saturated rings. The molecule has 0 heterocycles. The van der Waals surface area contributed by atoms with E-state index in [9.17, 15) is 13.2 Å². The first-order valence-electron chi connectivity index (χ1n) is 7.96. The van der Waals surface area contributed by atoms with Crippen LogP contribution in [0.4, 0.5) is 5.69 Å². The molecule has 134 valence electrons. The van der Waals surface area contributed by atoms with Crippen LogP contribution >= 0.6 is 0 Å². The van der Waals surface area contributed by atoms with Crippen LogP contribution in [0.25, 0.3) is 0 Å². The zero-order chi connectivity index (χ0) is 18.3. The molecule has 0 aliphatic rings. The lowest BCUT2D eigenvalue weighted by Gasteiger charge is -2.18. The van der Waals surface area contributed by atoms with Crippen LogP contribution in [0.3, 0.4) is 0 Å². The van der Waals surface area contributed by atoms with E-state index in [1.165, 1.54) is 0 Å². The van der Waals surface area contributed by atoms with Gasteiger partial charge in [0.2, 0.25) is 15.9 Å². The molecule has 25 heavy (non-hydrogen) atoms. The number of ether oxygens (including phenoxy) is 1. The van der Waals surface area contributed by atoms with Crippen molar-refractivity contribution in [2.24, 2.45) is 0 Å². The predicted octanol–water partition coefficient (Wildman–Crippen LogP) is 3.09. The van der Waals surface area contributed by atoms with E-state index in [1.807, 2.05) is 37.3 Å². The van der Waals surface area contributed by atoms with Crippen molar-refractivity contribution in [1.82, 2.24) is 4.31 Å². The third kappa shape index (κ3) is 6.21. The monoisotopic (exact) mass is 362 g/mol. The van der Waals surface area contributed by atoms with Crippen molar-refractivity contribution < 1.29 is 17.9 Å². The lowest BCUT2D eigenvalue weighted by atomic mass is 10.3. The molecule has 0 aliphatic carbocycles. The van der Waals surface area contributed by atoms with E-state index in [2.05, 4.69) is 5.32 Å². The maximum absolute atomic E-state index is 12.1. The Balaban J connectivity index is 1.95. The van der Waals surface area contributed by atoms with Gasteiger partial charge >= 0.3 is 0 Å². The fraction of sp³-hybridized carbons (Fsp3) is 0.278. The van der Waals surface area contributed by atoms with E-state index in [-0.39, 0.29) is 12.5 Å². The standard InChI is InChI=1S/C18H22N2O4S/c1-3-13-20(25(2,22)23)14-18(21)19-15-9-11-17(12-10-15)24-16-7-5-4-6-8-16/h4-12H,3,13-14H2,1-2H3,(H,19,21). The molecule has 2 aromatic carbocycles. The normalized spacial score (nSPS) is 11.3. The number of carbonyl (C=O) groups is 1. The number of hydrogen-bond acceptors (Lipinski definition) is 4. The first-order chi connectivity index (χ1) is 11.9. The van der Waals surface area contributed by atoms with Crippen LogP contribution in [0, 0.1) is 0 Å². The van der Waals surface area contributed by atoms with Crippen LogP contribution in [-0.4, -0.2) is 38.0 Å². The molecular formula is C18H22N2O4S. The van der Waals surface area contributed by atoms with Gasteiger partial charge in [0, 0.05) is 12.2 Å². The quantitative estimate of drug-likeness (QED) is 0.783. The average molecular weight is 362 g/mol. The van der Waals surface area contributed by atoms with Gasteiger partial charge in [-0.05, 0) is 42.8 Å². The first-order valence-corrected chi connectivity index (χ1v) is 9.81. The zero-order valence-corrected chi connectivity index (χ0v) is 15.1. The Morgan fingerprint density at radius 1 is 1.04 bits per heavy atom. The number of rotatable bonds is 8. The number of nitrogens with zero attached hydrogens (tertiary/aromatic N) is 1. The molecule has 0 aromatic heterocycles. The van der Waals surface area contributed by atoms with Crippen LogP contribution in [0.2, 0.25) is 0 Å². The maximum atomic E-state index is 12.1. The number of para-hydroxylation sites is 1. The second-order valence-electron chi connectivity index (χ2n) is 5.58. The molecule has 2 aromatic rings. The van der Waals surface area contributed by atoms with Crippen molar-refractivity contribution >= 4 is 21.6 Å². The topological polar surface area (TPSA) is 75.7 Å². The second-order valence-corrected chi connectivity index (χ2v) is 7.57. The minimum Gasteiger partial charge on any atom is -0.457 e. The van der Waals surface area contributed by atoms with Crippen molar-refractivity contribution in [3.05, 3.63) is 54.6 Å². The minimum absolute atomic E-state index is 0.199. The summed E-state index contributed by atoms with van der Waals surface area (Å²) in [4.78, 5) is 12.1. The van der Waals surface area contributed by atoms with E-state index in [4.69, 9.17) is 4.74 Å². The molecular weight excluding hydrogens is 340 g/mol. The van der Waals surface area contributed by atoms with Gasteiger partial charge < -0.3 is 10.1 Å². The summed E-state index contributed by atoms with van der Waals surface area (Å²) in [5, 5.41) is 2.69. The smallest absolute Gasteiger partial charge is 0.239 e. The molecule has 0 radical (unpaired) electrons. The number of amides is 1. The first kappa shape index (κ1) is 19.0. The summed E-state index contributed by atoms with van der Waals surface area (Å²) in [5.74, 6) is 0.992. The Morgan fingerprint density at radius 2 is 1.64 bits per heavy atom. The van der Waals surface area contributed by atoms with Crippen molar-refractivity contribution in [3.63, 3.8) is 0 Å². The van der Waals surface area contributed by atoms with Gasteiger partial charge in [-0.2, -0.15) is 4.31 Å². The fourth-order valence-corrected chi connectivity index (χ4v) is 3.07. The van der Waals surface area contributed by atoms with Gasteiger partial charge in [0.25, 0.3) is 0 Å². The molecule has 0 bridgehead atoms.